The maximum absolute atomic E-state index is 12.2. The average molecular weight is 410 g/mol. The lowest BCUT2D eigenvalue weighted by atomic mass is 9.92. The summed E-state index contributed by atoms with van der Waals surface area (Å²) in [6.07, 6.45) is 3.82. The van der Waals surface area contributed by atoms with Crippen LogP contribution in [0.5, 0.6) is 0 Å². The summed E-state index contributed by atoms with van der Waals surface area (Å²) in [5, 5.41) is 5.66. The highest BCUT2D eigenvalue weighted by Gasteiger charge is 2.26. The van der Waals surface area contributed by atoms with E-state index in [0.717, 1.165) is 53.9 Å². The molecule has 30 heavy (non-hydrogen) atoms. The van der Waals surface area contributed by atoms with E-state index >= 15 is 0 Å². The van der Waals surface area contributed by atoms with E-state index in [1.54, 1.807) is 7.05 Å². The van der Waals surface area contributed by atoms with Crippen LogP contribution in [0.2, 0.25) is 0 Å². The van der Waals surface area contributed by atoms with Gasteiger partial charge < -0.3 is 9.64 Å². The van der Waals surface area contributed by atoms with Gasteiger partial charge in [0.05, 0.1) is 31.0 Å². The Balaban J connectivity index is 1.50. The van der Waals surface area contributed by atoms with Gasteiger partial charge in [0, 0.05) is 48.6 Å². The quantitative estimate of drug-likeness (QED) is 0.574. The number of amidine groups is 1. The fourth-order valence-corrected chi connectivity index (χ4v) is 4.22. The first-order valence-electron chi connectivity index (χ1n) is 10.8. The zero-order valence-corrected chi connectivity index (χ0v) is 18.3. The SMILES string of the molecule is CN=C(N=C(C)C1CCN(C(=O)C(C)C)CC1)c1ccc2cnn(C3COC3)c2c1. The molecule has 1 amide bonds. The number of ether oxygens (including phenoxy) is 1. The van der Waals surface area contributed by atoms with Crippen molar-refractivity contribution < 1.29 is 9.53 Å². The van der Waals surface area contributed by atoms with Gasteiger partial charge in [-0.05, 0) is 25.8 Å². The summed E-state index contributed by atoms with van der Waals surface area (Å²) in [6, 6.07) is 6.58. The van der Waals surface area contributed by atoms with Gasteiger partial charge in [-0.2, -0.15) is 5.10 Å². The minimum absolute atomic E-state index is 0.0602. The molecule has 2 fully saturated rings. The van der Waals surface area contributed by atoms with Crippen LogP contribution in [0, 0.1) is 11.8 Å². The predicted molar refractivity (Wildman–Crippen MR) is 119 cm³/mol. The molecule has 0 aliphatic carbocycles. The molecule has 4 rings (SSSR count). The number of aromatic nitrogens is 2. The largest absolute Gasteiger partial charge is 0.377 e. The summed E-state index contributed by atoms with van der Waals surface area (Å²) in [5.41, 5.74) is 3.18. The van der Waals surface area contributed by atoms with Crippen LogP contribution >= 0.6 is 0 Å². The third-order valence-corrected chi connectivity index (χ3v) is 6.21. The fourth-order valence-electron chi connectivity index (χ4n) is 4.22. The van der Waals surface area contributed by atoms with E-state index in [1.807, 2.05) is 29.6 Å². The van der Waals surface area contributed by atoms with Gasteiger partial charge in [-0.3, -0.25) is 14.5 Å². The lowest BCUT2D eigenvalue weighted by Crippen LogP contribution is -2.41. The topological polar surface area (TPSA) is 72.1 Å². The lowest BCUT2D eigenvalue weighted by Gasteiger charge is -2.33. The summed E-state index contributed by atoms with van der Waals surface area (Å²) in [6.45, 7) is 9.06. The molecule has 2 aliphatic heterocycles. The van der Waals surface area contributed by atoms with E-state index in [1.165, 1.54) is 0 Å². The standard InChI is InChI=1S/C23H31N5O2/c1-15(2)23(29)27-9-7-17(8-10-27)16(3)26-22(24-4)18-5-6-19-12-25-28(21(19)11-18)20-13-30-14-20/h5-6,11-12,15,17,20H,7-10,13-14H2,1-4H3. The molecule has 1 aromatic heterocycles. The minimum Gasteiger partial charge on any atom is -0.377 e. The van der Waals surface area contributed by atoms with E-state index in [0.29, 0.717) is 25.2 Å². The molecule has 0 unspecified atom stereocenters. The van der Waals surface area contributed by atoms with Crippen molar-refractivity contribution in [3.63, 3.8) is 0 Å². The second kappa shape index (κ2) is 8.68. The van der Waals surface area contributed by atoms with Gasteiger partial charge in [-0.1, -0.05) is 26.0 Å². The highest BCUT2D eigenvalue weighted by Crippen LogP contribution is 2.25. The highest BCUT2D eigenvalue weighted by molar-refractivity contribution is 6.08. The van der Waals surface area contributed by atoms with Gasteiger partial charge in [0.2, 0.25) is 5.91 Å². The number of rotatable bonds is 4. The molecule has 0 N–H and O–H groups in total. The van der Waals surface area contributed by atoms with Crippen molar-refractivity contribution in [2.75, 3.05) is 33.4 Å². The Morgan fingerprint density at radius 1 is 1.23 bits per heavy atom. The summed E-state index contributed by atoms with van der Waals surface area (Å²) >= 11 is 0. The van der Waals surface area contributed by atoms with E-state index in [4.69, 9.17) is 9.73 Å². The van der Waals surface area contributed by atoms with E-state index in [9.17, 15) is 4.79 Å². The normalized spacial score (nSPS) is 19.6. The molecule has 2 aliphatic rings. The number of likely N-dealkylation sites (tertiary alicyclic amines) is 1. The molecule has 160 valence electrons. The Labute approximate surface area is 177 Å². The Kier molecular flexibility index (Phi) is 5.99. The summed E-state index contributed by atoms with van der Waals surface area (Å²) in [7, 11) is 1.79. The molecular weight excluding hydrogens is 378 g/mol. The average Bonchev–Trinajstić information content (AvgIpc) is 3.13. The number of amides is 1. The Morgan fingerprint density at radius 3 is 2.57 bits per heavy atom. The number of fused-ring (bicyclic) bond motifs is 1. The number of piperidine rings is 1. The number of hydrogen-bond acceptors (Lipinski definition) is 4. The first-order valence-corrected chi connectivity index (χ1v) is 10.8. The molecule has 2 saturated heterocycles. The molecule has 1 aromatic carbocycles. The van der Waals surface area contributed by atoms with E-state index in [2.05, 4.69) is 35.2 Å². The second-order valence-electron chi connectivity index (χ2n) is 8.61. The van der Waals surface area contributed by atoms with E-state index < -0.39 is 0 Å². The number of carbonyl (C=O) groups excluding carboxylic acids is 1. The number of hydrogen-bond donors (Lipinski definition) is 0. The van der Waals surface area contributed by atoms with Crippen molar-refractivity contribution in [1.29, 1.82) is 0 Å². The zero-order chi connectivity index (χ0) is 21.3. The van der Waals surface area contributed by atoms with E-state index in [-0.39, 0.29) is 11.8 Å². The first-order chi connectivity index (χ1) is 14.5. The third kappa shape index (κ3) is 4.03. The van der Waals surface area contributed by atoms with Crippen LogP contribution in [-0.2, 0) is 9.53 Å². The molecule has 0 radical (unpaired) electrons. The molecule has 0 atom stereocenters. The molecule has 0 spiro atoms. The van der Waals surface area contributed by atoms with Gasteiger partial charge in [0.15, 0.2) is 5.84 Å². The summed E-state index contributed by atoms with van der Waals surface area (Å²) in [5.74, 6) is 1.44. The second-order valence-corrected chi connectivity index (χ2v) is 8.61. The third-order valence-electron chi connectivity index (χ3n) is 6.21. The summed E-state index contributed by atoms with van der Waals surface area (Å²) in [4.78, 5) is 23.6. The van der Waals surface area contributed by atoms with Gasteiger partial charge in [0.1, 0.15) is 0 Å². The molecule has 2 aromatic rings. The van der Waals surface area contributed by atoms with Crippen molar-refractivity contribution in [1.82, 2.24) is 14.7 Å². The van der Waals surface area contributed by atoms with Crippen LogP contribution < -0.4 is 0 Å². The lowest BCUT2D eigenvalue weighted by molar-refractivity contribution is -0.135. The van der Waals surface area contributed by atoms with Crippen molar-refractivity contribution in [2.24, 2.45) is 21.8 Å². The first kappa shape index (κ1) is 20.7. The number of benzene rings is 1. The van der Waals surface area contributed by atoms with Crippen LogP contribution in [-0.4, -0.2) is 65.5 Å². The highest BCUT2D eigenvalue weighted by atomic mass is 16.5. The van der Waals surface area contributed by atoms with Gasteiger partial charge in [0.25, 0.3) is 0 Å². The maximum Gasteiger partial charge on any atom is 0.225 e. The van der Waals surface area contributed by atoms with Crippen molar-refractivity contribution in [3.05, 3.63) is 30.0 Å². The van der Waals surface area contributed by atoms with Crippen LogP contribution in [0.3, 0.4) is 0 Å². The van der Waals surface area contributed by atoms with Crippen LogP contribution in [0.25, 0.3) is 10.9 Å². The minimum atomic E-state index is 0.0602. The Morgan fingerprint density at radius 2 is 1.97 bits per heavy atom. The molecule has 7 nitrogen and oxygen atoms in total. The smallest absolute Gasteiger partial charge is 0.225 e. The molecular formula is C23H31N5O2. The van der Waals surface area contributed by atoms with Crippen LogP contribution in [0.1, 0.15) is 45.2 Å². The van der Waals surface area contributed by atoms with Crippen molar-refractivity contribution in [2.45, 2.75) is 39.7 Å². The van der Waals surface area contributed by atoms with Crippen LogP contribution in [0.4, 0.5) is 0 Å². The van der Waals surface area contributed by atoms with Gasteiger partial charge in [-0.25, -0.2) is 4.99 Å². The van der Waals surface area contributed by atoms with Crippen molar-refractivity contribution in [3.8, 4) is 0 Å². The monoisotopic (exact) mass is 409 g/mol. The number of carbonyl (C=O) groups is 1. The van der Waals surface area contributed by atoms with Gasteiger partial charge in [-0.15, -0.1) is 0 Å². The van der Waals surface area contributed by atoms with Crippen LogP contribution in [0.15, 0.2) is 34.4 Å². The number of aliphatic imine (C=N–C) groups is 2. The zero-order valence-electron chi connectivity index (χ0n) is 18.3. The molecule has 7 heteroatoms. The molecule has 3 heterocycles. The van der Waals surface area contributed by atoms with Gasteiger partial charge >= 0.3 is 0 Å². The maximum atomic E-state index is 12.2. The molecule has 0 saturated carbocycles. The molecule has 0 bridgehead atoms. The van der Waals surface area contributed by atoms with Crippen molar-refractivity contribution >= 4 is 28.4 Å². The Bertz CT molecular complexity index is 979. The number of nitrogens with zero attached hydrogens (tertiary/aromatic N) is 5. The fraction of sp³-hybridized carbons (Fsp3) is 0.565. The Hall–Kier alpha value is -2.54. The summed E-state index contributed by atoms with van der Waals surface area (Å²) < 4.78 is 7.38. The predicted octanol–water partition coefficient (Wildman–Crippen LogP) is 3.34.